The van der Waals surface area contributed by atoms with Crippen molar-refractivity contribution in [1.82, 2.24) is 9.69 Å². The van der Waals surface area contributed by atoms with Crippen LogP contribution in [0, 0.1) is 5.82 Å². The van der Waals surface area contributed by atoms with Crippen LogP contribution in [0.1, 0.15) is 15.2 Å². The van der Waals surface area contributed by atoms with Gasteiger partial charge < -0.3 is 14.8 Å². The third-order valence-corrected chi connectivity index (χ3v) is 4.55. The summed E-state index contributed by atoms with van der Waals surface area (Å²) in [6, 6.07) is 13.3. The lowest BCUT2D eigenvalue weighted by molar-refractivity contribution is 0.0955. The molecule has 3 aromatic rings. The van der Waals surface area contributed by atoms with E-state index in [0.29, 0.717) is 28.6 Å². The first-order chi connectivity index (χ1) is 12.2. The van der Waals surface area contributed by atoms with Gasteiger partial charge in [-0.3, -0.25) is 4.79 Å². The molecular weight excluding hydrogens is 343 g/mol. The third-order valence-electron chi connectivity index (χ3n) is 3.76. The fraction of sp³-hybridized carbons (Fsp3) is 0.111. The molecule has 7 heteroatoms. The molecule has 1 amide bonds. The van der Waals surface area contributed by atoms with Crippen molar-refractivity contribution >= 4 is 17.4 Å². The zero-order chi connectivity index (χ0) is 17.2. The predicted molar refractivity (Wildman–Crippen MR) is 91.2 cm³/mol. The molecule has 25 heavy (non-hydrogen) atoms. The highest BCUT2D eigenvalue weighted by atomic mass is 32.1. The number of fused-ring (bicyclic) bond motifs is 1. The lowest BCUT2D eigenvalue weighted by Crippen LogP contribution is -2.21. The van der Waals surface area contributed by atoms with Gasteiger partial charge in [-0.2, -0.15) is 4.37 Å². The number of aromatic nitrogens is 1. The molecule has 1 N–H and O–H groups in total. The van der Waals surface area contributed by atoms with Crippen LogP contribution >= 0.6 is 11.5 Å². The molecule has 0 atom stereocenters. The minimum absolute atomic E-state index is 0.205. The number of ether oxygens (including phenoxy) is 2. The van der Waals surface area contributed by atoms with Crippen molar-refractivity contribution in [1.29, 1.82) is 0 Å². The maximum atomic E-state index is 13.0. The minimum Gasteiger partial charge on any atom is -0.454 e. The van der Waals surface area contributed by atoms with E-state index in [1.165, 1.54) is 12.1 Å². The van der Waals surface area contributed by atoms with Gasteiger partial charge in [0.1, 0.15) is 10.7 Å². The van der Waals surface area contributed by atoms with Gasteiger partial charge in [-0.05, 0) is 59.6 Å². The van der Waals surface area contributed by atoms with Gasteiger partial charge in [0.15, 0.2) is 11.5 Å². The van der Waals surface area contributed by atoms with Gasteiger partial charge >= 0.3 is 0 Å². The zero-order valence-corrected chi connectivity index (χ0v) is 13.8. The molecule has 0 unspecified atom stereocenters. The van der Waals surface area contributed by atoms with Crippen LogP contribution in [-0.4, -0.2) is 17.1 Å². The molecule has 0 aliphatic carbocycles. The molecule has 0 bridgehead atoms. The lowest BCUT2D eigenvalue weighted by atomic mass is 10.1. The Balaban J connectivity index is 1.42. The summed E-state index contributed by atoms with van der Waals surface area (Å²) < 4.78 is 27.8. The Morgan fingerprint density at radius 3 is 2.76 bits per heavy atom. The minimum atomic E-state index is -0.305. The number of carbonyl (C=O) groups excluding carboxylic acids is 1. The van der Waals surface area contributed by atoms with Crippen LogP contribution in [0.25, 0.3) is 11.3 Å². The molecule has 0 fully saturated rings. The molecule has 1 aromatic heterocycles. The molecular formula is C18H13FN2O3S. The Morgan fingerprint density at radius 2 is 1.92 bits per heavy atom. The highest BCUT2D eigenvalue weighted by molar-refractivity contribution is 7.08. The second-order valence-electron chi connectivity index (χ2n) is 5.45. The molecule has 0 radical (unpaired) electrons. The molecule has 0 spiro atoms. The van der Waals surface area contributed by atoms with Gasteiger partial charge in [0.2, 0.25) is 6.79 Å². The van der Waals surface area contributed by atoms with Crippen molar-refractivity contribution in [2.75, 3.05) is 6.79 Å². The number of rotatable bonds is 4. The summed E-state index contributed by atoms with van der Waals surface area (Å²) >= 11 is 1.11. The summed E-state index contributed by atoms with van der Waals surface area (Å²) in [5, 5.41) is 2.86. The van der Waals surface area contributed by atoms with Crippen LogP contribution in [0.2, 0.25) is 0 Å². The maximum Gasteiger partial charge on any atom is 0.263 e. The third kappa shape index (κ3) is 3.32. The number of carbonyl (C=O) groups is 1. The molecule has 0 saturated carbocycles. The summed E-state index contributed by atoms with van der Waals surface area (Å²) in [6.07, 6.45) is 0. The fourth-order valence-corrected chi connectivity index (χ4v) is 3.13. The van der Waals surface area contributed by atoms with Crippen LogP contribution < -0.4 is 14.8 Å². The summed E-state index contributed by atoms with van der Waals surface area (Å²) in [7, 11) is 0. The number of hydrogen-bond donors (Lipinski definition) is 1. The monoisotopic (exact) mass is 356 g/mol. The van der Waals surface area contributed by atoms with Crippen LogP contribution in [0.15, 0.2) is 48.5 Å². The summed E-state index contributed by atoms with van der Waals surface area (Å²) in [5.41, 5.74) is 2.34. The Labute approximate surface area is 147 Å². The average Bonchev–Trinajstić information content (AvgIpc) is 3.29. The van der Waals surface area contributed by atoms with E-state index < -0.39 is 0 Å². The topological polar surface area (TPSA) is 60.5 Å². The van der Waals surface area contributed by atoms with Crippen molar-refractivity contribution in [3.8, 4) is 22.8 Å². The molecule has 0 saturated heterocycles. The quantitative estimate of drug-likeness (QED) is 0.776. The van der Waals surface area contributed by atoms with Crippen molar-refractivity contribution < 1.29 is 18.7 Å². The van der Waals surface area contributed by atoms with Crippen molar-refractivity contribution in [2.24, 2.45) is 0 Å². The summed E-state index contributed by atoms with van der Waals surface area (Å²) in [4.78, 5) is 12.8. The largest absolute Gasteiger partial charge is 0.454 e. The smallest absolute Gasteiger partial charge is 0.263 e. The van der Waals surface area contributed by atoms with Gasteiger partial charge in [0.05, 0.1) is 5.69 Å². The molecule has 2 heterocycles. The number of hydrogen-bond acceptors (Lipinski definition) is 5. The normalized spacial score (nSPS) is 12.2. The second-order valence-corrected chi connectivity index (χ2v) is 6.26. The Bertz CT molecular complexity index is 924. The number of amides is 1. The average molecular weight is 356 g/mol. The van der Waals surface area contributed by atoms with Gasteiger partial charge in [-0.15, -0.1) is 0 Å². The fourth-order valence-electron chi connectivity index (χ4n) is 2.46. The molecule has 5 nitrogen and oxygen atoms in total. The van der Waals surface area contributed by atoms with E-state index in [1.54, 1.807) is 18.2 Å². The van der Waals surface area contributed by atoms with Gasteiger partial charge in [0.25, 0.3) is 5.91 Å². The van der Waals surface area contributed by atoms with E-state index in [0.717, 1.165) is 22.7 Å². The molecule has 126 valence electrons. The van der Waals surface area contributed by atoms with E-state index in [4.69, 9.17) is 9.47 Å². The van der Waals surface area contributed by atoms with E-state index in [-0.39, 0.29) is 18.5 Å². The highest BCUT2D eigenvalue weighted by Gasteiger charge is 2.15. The van der Waals surface area contributed by atoms with Crippen LogP contribution in [0.3, 0.4) is 0 Å². The molecule has 4 rings (SSSR count). The first kappa shape index (κ1) is 15.6. The van der Waals surface area contributed by atoms with Gasteiger partial charge in [-0.1, -0.05) is 6.07 Å². The number of halogens is 1. The second kappa shape index (κ2) is 6.52. The van der Waals surface area contributed by atoms with Crippen molar-refractivity contribution in [2.45, 2.75) is 6.54 Å². The number of nitrogens with zero attached hydrogens (tertiary/aromatic N) is 1. The van der Waals surface area contributed by atoms with Crippen molar-refractivity contribution in [3.63, 3.8) is 0 Å². The van der Waals surface area contributed by atoms with E-state index >= 15 is 0 Å². The van der Waals surface area contributed by atoms with E-state index in [9.17, 15) is 9.18 Å². The first-order valence-electron chi connectivity index (χ1n) is 7.58. The Morgan fingerprint density at radius 1 is 1.12 bits per heavy atom. The maximum absolute atomic E-state index is 13.0. The van der Waals surface area contributed by atoms with Gasteiger partial charge in [-0.25, -0.2) is 4.39 Å². The summed E-state index contributed by atoms with van der Waals surface area (Å²) in [6.45, 7) is 0.595. The number of nitrogens with one attached hydrogen (secondary N) is 1. The zero-order valence-electron chi connectivity index (χ0n) is 13.0. The number of benzene rings is 2. The molecule has 1 aliphatic rings. The van der Waals surface area contributed by atoms with E-state index in [1.807, 2.05) is 18.2 Å². The highest BCUT2D eigenvalue weighted by Crippen LogP contribution is 2.32. The van der Waals surface area contributed by atoms with E-state index in [2.05, 4.69) is 9.69 Å². The Kier molecular flexibility index (Phi) is 4.07. The van der Waals surface area contributed by atoms with Crippen molar-refractivity contribution in [3.05, 3.63) is 64.8 Å². The molecule has 2 aromatic carbocycles. The van der Waals surface area contributed by atoms with Gasteiger partial charge in [0, 0.05) is 12.1 Å². The first-order valence-corrected chi connectivity index (χ1v) is 8.36. The SMILES string of the molecule is O=C(NCc1ccc2c(c1)OCO2)c1cc(-c2ccc(F)cc2)ns1. The Hall–Kier alpha value is -2.93. The van der Waals surface area contributed by atoms with Crippen LogP contribution in [0.4, 0.5) is 4.39 Å². The summed E-state index contributed by atoms with van der Waals surface area (Å²) in [5.74, 6) is 0.883. The molecule has 1 aliphatic heterocycles. The standard InChI is InChI=1S/C18H13FN2O3S/c19-13-4-2-12(3-5-13)14-8-17(25-21-14)18(22)20-9-11-1-6-15-16(7-11)24-10-23-15/h1-8H,9-10H2,(H,20,22). The van der Waals surface area contributed by atoms with Crippen LogP contribution in [0.5, 0.6) is 11.5 Å². The lowest BCUT2D eigenvalue weighted by Gasteiger charge is -2.04. The predicted octanol–water partition coefficient (Wildman–Crippen LogP) is 3.61. The van der Waals surface area contributed by atoms with Crippen LogP contribution in [-0.2, 0) is 6.54 Å².